The van der Waals surface area contributed by atoms with Gasteiger partial charge < -0.3 is 8.98 Å². The summed E-state index contributed by atoms with van der Waals surface area (Å²) in [7, 11) is 0. The van der Waals surface area contributed by atoms with Crippen molar-refractivity contribution in [3.05, 3.63) is 28.6 Å². The van der Waals surface area contributed by atoms with Crippen LogP contribution in [0.4, 0.5) is 5.88 Å². The maximum Gasteiger partial charge on any atom is 0.433 e. The third-order valence-corrected chi connectivity index (χ3v) is 2.17. The van der Waals surface area contributed by atoms with Gasteiger partial charge >= 0.3 is 5.88 Å². The van der Waals surface area contributed by atoms with Crippen molar-refractivity contribution in [2.24, 2.45) is 5.92 Å². The minimum Gasteiger partial charge on any atom is -0.397 e. The number of hydrogen-bond donors (Lipinski definition) is 0. The van der Waals surface area contributed by atoms with Crippen molar-refractivity contribution in [2.45, 2.75) is 20.4 Å². The fourth-order valence-electron chi connectivity index (χ4n) is 1.52. The molecule has 0 atom stereocenters. The summed E-state index contributed by atoms with van der Waals surface area (Å²) >= 11 is 0. The number of rotatable bonds is 4. The van der Waals surface area contributed by atoms with Gasteiger partial charge in [0.15, 0.2) is 11.6 Å². The van der Waals surface area contributed by atoms with Crippen LogP contribution in [0.25, 0.3) is 11.6 Å². The van der Waals surface area contributed by atoms with Crippen LogP contribution in [0.5, 0.6) is 0 Å². The number of aromatic nitrogens is 3. The number of furan rings is 1. The maximum atomic E-state index is 10.5. The van der Waals surface area contributed by atoms with Crippen LogP contribution in [-0.2, 0) is 6.54 Å². The molecule has 2 aromatic heterocycles. The molecule has 0 aliphatic heterocycles. The van der Waals surface area contributed by atoms with Crippen LogP contribution in [-0.4, -0.2) is 19.7 Å². The number of nitro groups is 1. The molecule has 0 saturated carbocycles. The van der Waals surface area contributed by atoms with E-state index in [4.69, 9.17) is 4.42 Å². The molecule has 0 unspecified atom stereocenters. The lowest BCUT2D eigenvalue weighted by Crippen LogP contribution is -2.04. The number of hydrogen-bond acceptors (Lipinski definition) is 5. The minimum absolute atomic E-state index is 0.293. The Balaban J connectivity index is 2.32. The van der Waals surface area contributed by atoms with E-state index in [0.29, 0.717) is 17.5 Å². The second kappa shape index (κ2) is 4.36. The highest BCUT2D eigenvalue weighted by Gasteiger charge is 2.17. The second-order valence-electron chi connectivity index (χ2n) is 4.10. The van der Waals surface area contributed by atoms with Gasteiger partial charge in [0.2, 0.25) is 0 Å². The smallest absolute Gasteiger partial charge is 0.397 e. The first-order valence-corrected chi connectivity index (χ1v) is 5.20. The molecule has 0 bridgehead atoms. The Morgan fingerprint density at radius 1 is 1.53 bits per heavy atom. The molecule has 0 aliphatic rings. The van der Waals surface area contributed by atoms with Crippen LogP contribution < -0.4 is 0 Å². The van der Waals surface area contributed by atoms with E-state index in [9.17, 15) is 10.1 Å². The molecule has 0 N–H and O–H groups in total. The lowest BCUT2D eigenvalue weighted by atomic mass is 10.2. The highest BCUT2D eigenvalue weighted by atomic mass is 16.6. The monoisotopic (exact) mass is 236 g/mol. The molecule has 0 aliphatic carbocycles. The third-order valence-electron chi connectivity index (χ3n) is 2.17. The van der Waals surface area contributed by atoms with Gasteiger partial charge in [0.1, 0.15) is 11.3 Å². The van der Waals surface area contributed by atoms with Gasteiger partial charge in [-0.15, -0.1) is 10.2 Å². The summed E-state index contributed by atoms with van der Waals surface area (Å²) in [6, 6.07) is 2.84. The first-order valence-electron chi connectivity index (χ1n) is 5.20. The Hall–Kier alpha value is -2.18. The molecule has 7 heteroatoms. The van der Waals surface area contributed by atoms with Gasteiger partial charge in [-0.1, -0.05) is 13.8 Å². The largest absolute Gasteiger partial charge is 0.433 e. The zero-order valence-corrected chi connectivity index (χ0v) is 9.53. The first-order chi connectivity index (χ1) is 8.08. The predicted octanol–water partition coefficient (Wildman–Crippen LogP) is 2.10. The Kier molecular flexibility index (Phi) is 2.90. The lowest BCUT2D eigenvalue weighted by Gasteiger charge is -2.06. The van der Waals surface area contributed by atoms with E-state index >= 15 is 0 Å². The van der Waals surface area contributed by atoms with E-state index in [1.807, 2.05) is 4.57 Å². The van der Waals surface area contributed by atoms with Gasteiger partial charge in [0.25, 0.3) is 0 Å². The minimum atomic E-state index is -0.577. The number of nitrogens with zero attached hydrogens (tertiary/aromatic N) is 4. The van der Waals surface area contributed by atoms with Crippen molar-refractivity contribution in [1.29, 1.82) is 0 Å². The van der Waals surface area contributed by atoms with Gasteiger partial charge in [0.05, 0.1) is 6.07 Å². The molecule has 7 nitrogen and oxygen atoms in total. The summed E-state index contributed by atoms with van der Waals surface area (Å²) < 4.78 is 6.90. The van der Waals surface area contributed by atoms with Gasteiger partial charge in [0, 0.05) is 6.54 Å². The van der Waals surface area contributed by atoms with E-state index in [2.05, 4.69) is 24.0 Å². The molecular formula is C10H12N4O3. The zero-order valence-electron chi connectivity index (χ0n) is 9.53. The molecule has 2 rings (SSSR count). The van der Waals surface area contributed by atoms with Crippen molar-refractivity contribution in [1.82, 2.24) is 14.8 Å². The van der Waals surface area contributed by atoms with Crippen molar-refractivity contribution in [3.63, 3.8) is 0 Å². The Morgan fingerprint density at radius 3 is 2.88 bits per heavy atom. The maximum absolute atomic E-state index is 10.5. The van der Waals surface area contributed by atoms with Crippen LogP contribution in [0.15, 0.2) is 22.9 Å². The Labute approximate surface area is 97.2 Å². The fraction of sp³-hybridized carbons (Fsp3) is 0.400. The van der Waals surface area contributed by atoms with Crippen LogP contribution in [0.1, 0.15) is 13.8 Å². The SMILES string of the molecule is CC(C)Cn1cnnc1-c1ccc([N+](=O)[O-])o1. The molecule has 0 spiro atoms. The average molecular weight is 236 g/mol. The van der Waals surface area contributed by atoms with Gasteiger partial charge in [-0.3, -0.25) is 10.1 Å². The molecule has 17 heavy (non-hydrogen) atoms. The molecule has 0 fully saturated rings. The molecule has 2 aromatic rings. The molecule has 0 amide bonds. The van der Waals surface area contributed by atoms with Crippen molar-refractivity contribution in [2.75, 3.05) is 0 Å². The van der Waals surface area contributed by atoms with Crippen LogP contribution >= 0.6 is 0 Å². The highest BCUT2D eigenvalue weighted by molar-refractivity contribution is 5.48. The summed E-state index contributed by atoms with van der Waals surface area (Å²) in [6.07, 6.45) is 1.59. The van der Waals surface area contributed by atoms with Crippen molar-refractivity contribution in [3.8, 4) is 11.6 Å². The third kappa shape index (κ3) is 2.32. The van der Waals surface area contributed by atoms with E-state index in [-0.39, 0.29) is 5.88 Å². The van der Waals surface area contributed by atoms with Gasteiger partial charge in [-0.25, -0.2) is 0 Å². The molecule has 0 saturated heterocycles. The molecule has 90 valence electrons. The normalized spacial score (nSPS) is 11.0. The summed E-state index contributed by atoms with van der Waals surface area (Å²) in [5.41, 5.74) is 0. The quantitative estimate of drug-likeness (QED) is 0.599. The predicted molar refractivity (Wildman–Crippen MR) is 59.2 cm³/mol. The van der Waals surface area contributed by atoms with E-state index < -0.39 is 4.92 Å². The van der Waals surface area contributed by atoms with Gasteiger partial charge in [-0.05, 0) is 12.0 Å². The second-order valence-corrected chi connectivity index (χ2v) is 4.10. The molecule has 0 radical (unpaired) electrons. The highest BCUT2D eigenvalue weighted by Crippen LogP contribution is 2.24. The first kappa shape index (κ1) is 11.3. The summed E-state index contributed by atoms with van der Waals surface area (Å²) in [6.45, 7) is 4.86. The zero-order chi connectivity index (χ0) is 12.4. The van der Waals surface area contributed by atoms with Crippen LogP contribution in [0.3, 0.4) is 0 Å². The van der Waals surface area contributed by atoms with Gasteiger partial charge in [-0.2, -0.15) is 0 Å². The lowest BCUT2D eigenvalue weighted by molar-refractivity contribution is -0.401. The summed E-state index contributed by atoms with van der Waals surface area (Å²) in [4.78, 5) is 9.94. The standard InChI is InChI=1S/C10H12N4O3/c1-7(2)5-13-6-11-12-10(13)8-3-4-9(17-8)14(15)16/h3-4,6-7H,5H2,1-2H3. The van der Waals surface area contributed by atoms with Crippen molar-refractivity contribution >= 4 is 5.88 Å². The molecule has 2 heterocycles. The Morgan fingerprint density at radius 2 is 2.29 bits per heavy atom. The van der Waals surface area contributed by atoms with E-state index in [1.165, 1.54) is 12.1 Å². The topological polar surface area (TPSA) is 87.0 Å². The van der Waals surface area contributed by atoms with E-state index in [1.54, 1.807) is 6.33 Å². The fourth-order valence-corrected chi connectivity index (χ4v) is 1.52. The Bertz CT molecular complexity index is 529. The average Bonchev–Trinajstić information content (AvgIpc) is 2.83. The molecule has 0 aromatic carbocycles. The summed E-state index contributed by atoms with van der Waals surface area (Å²) in [5, 5.41) is 18.2. The summed E-state index contributed by atoms with van der Waals surface area (Å²) in [5.74, 6) is 0.996. The van der Waals surface area contributed by atoms with Crippen molar-refractivity contribution < 1.29 is 9.34 Å². The van der Waals surface area contributed by atoms with E-state index in [0.717, 1.165) is 6.54 Å². The van der Waals surface area contributed by atoms with Crippen LogP contribution in [0.2, 0.25) is 0 Å². The molecular weight excluding hydrogens is 224 g/mol. The van der Waals surface area contributed by atoms with Crippen LogP contribution in [0, 0.1) is 16.0 Å².